The number of carbonyl (C=O) groups excluding carboxylic acids is 3. The number of hydrogen-bond acceptors (Lipinski definition) is 4. The molecule has 1 saturated heterocycles. The monoisotopic (exact) mass is 469 g/mol. The molecule has 2 aliphatic heterocycles. The number of anilines is 1. The summed E-state index contributed by atoms with van der Waals surface area (Å²) in [5.41, 5.74) is 2.21. The van der Waals surface area contributed by atoms with E-state index in [1.807, 2.05) is 60.7 Å². The van der Waals surface area contributed by atoms with Gasteiger partial charge in [0.2, 0.25) is 0 Å². The van der Waals surface area contributed by atoms with Crippen LogP contribution in [-0.2, 0) is 4.79 Å². The standard InChI is InChI=1S/C32H23NO3/c1-19(34)29-28(21-10-3-2-4-11-21)32(30(35)24-13-7-8-14-25(24)31(32)36)27-18-16-23-22-12-6-5-9-20(22)15-17-26(23)33(27)29/h2-18,27-29H,1H3/t27?,28-,29-/m0/s1. The third-order valence-corrected chi connectivity index (χ3v) is 8.29. The number of ketones is 3. The van der Waals surface area contributed by atoms with Crippen molar-refractivity contribution in [3.05, 3.63) is 119 Å². The smallest absolute Gasteiger partial charge is 0.180 e. The fourth-order valence-electron chi connectivity index (χ4n) is 6.92. The molecule has 0 saturated carbocycles. The second-order valence-electron chi connectivity index (χ2n) is 9.95. The van der Waals surface area contributed by atoms with Crippen molar-refractivity contribution >= 4 is 39.9 Å². The summed E-state index contributed by atoms with van der Waals surface area (Å²) in [4.78, 5) is 44.3. The predicted octanol–water partition coefficient (Wildman–Crippen LogP) is 5.86. The molecule has 1 aliphatic carbocycles. The van der Waals surface area contributed by atoms with E-state index in [4.69, 9.17) is 0 Å². The molecule has 1 spiro atoms. The summed E-state index contributed by atoms with van der Waals surface area (Å²) in [6.07, 6.45) is 4.02. The van der Waals surface area contributed by atoms with Gasteiger partial charge in [0.15, 0.2) is 17.3 Å². The maximum atomic E-state index is 14.4. The lowest BCUT2D eigenvalue weighted by atomic mass is 9.64. The molecule has 0 N–H and O–H groups in total. The van der Waals surface area contributed by atoms with Crippen molar-refractivity contribution in [1.29, 1.82) is 0 Å². The Morgan fingerprint density at radius 1 is 0.778 bits per heavy atom. The molecule has 4 heteroatoms. The molecule has 2 heterocycles. The average Bonchev–Trinajstić information content (AvgIpc) is 3.35. The highest BCUT2D eigenvalue weighted by molar-refractivity contribution is 6.32. The minimum atomic E-state index is -1.42. The fourth-order valence-corrected chi connectivity index (χ4v) is 6.92. The Hall–Kier alpha value is -4.31. The first-order valence-corrected chi connectivity index (χ1v) is 12.3. The second kappa shape index (κ2) is 7.34. The van der Waals surface area contributed by atoms with Crippen molar-refractivity contribution in [3.63, 3.8) is 0 Å². The number of hydrogen-bond donors (Lipinski definition) is 0. The molecule has 0 aromatic heterocycles. The summed E-state index contributed by atoms with van der Waals surface area (Å²) in [6, 6.07) is 27.7. The van der Waals surface area contributed by atoms with Gasteiger partial charge in [-0.1, -0.05) is 97.1 Å². The first-order chi connectivity index (χ1) is 17.5. The summed E-state index contributed by atoms with van der Waals surface area (Å²) in [6.45, 7) is 1.58. The largest absolute Gasteiger partial charge is 0.352 e. The normalized spacial score (nSPS) is 23.1. The van der Waals surface area contributed by atoms with E-state index in [9.17, 15) is 14.4 Å². The van der Waals surface area contributed by atoms with Gasteiger partial charge in [0, 0.05) is 28.3 Å². The minimum Gasteiger partial charge on any atom is -0.352 e. The van der Waals surface area contributed by atoms with Gasteiger partial charge in [0.25, 0.3) is 0 Å². The third-order valence-electron chi connectivity index (χ3n) is 8.29. The van der Waals surface area contributed by atoms with Crippen molar-refractivity contribution in [2.45, 2.75) is 24.9 Å². The van der Waals surface area contributed by atoms with Crippen LogP contribution in [0, 0.1) is 5.41 Å². The van der Waals surface area contributed by atoms with Gasteiger partial charge in [-0.2, -0.15) is 0 Å². The number of nitrogens with zero attached hydrogens (tertiary/aromatic N) is 1. The number of benzene rings is 4. The predicted molar refractivity (Wildman–Crippen MR) is 140 cm³/mol. The summed E-state index contributed by atoms with van der Waals surface area (Å²) < 4.78 is 0. The Balaban J connectivity index is 1.56. The van der Waals surface area contributed by atoms with E-state index in [1.54, 1.807) is 31.2 Å². The van der Waals surface area contributed by atoms with E-state index in [2.05, 4.69) is 23.1 Å². The first kappa shape index (κ1) is 21.0. The number of Topliss-reactive ketones (excluding diaryl/α,β-unsaturated/α-hetero) is 3. The van der Waals surface area contributed by atoms with E-state index in [0.29, 0.717) is 11.1 Å². The van der Waals surface area contributed by atoms with Crippen LogP contribution >= 0.6 is 0 Å². The molecule has 4 aromatic carbocycles. The number of fused-ring (bicyclic) bond motifs is 7. The van der Waals surface area contributed by atoms with Gasteiger partial charge < -0.3 is 4.90 Å². The van der Waals surface area contributed by atoms with Crippen molar-refractivity contribution in [2.24, 2.45) is 5.41 Å². The van der Waals surface area contributed by atoms with Crippen LogP contribution in [0.3, 0.4) is 0 Å². The number of carbonyl (C=O) groups is 3. The Morgan fingerprint density at radius 2 is 1.42 bits per heavy atom. The lowest BCUT2D eigenvalue weighted by molar-refractivity contribution is -0.118. The van der Waals surface area contributed by atoms with Crippen LogP contribution in [0.1, 0.15) is 44.7 Å². The zero-order valence-electron chi connectivity index (χ0n) is 19.7. The molecule has 0 radical (unpaired) electrons. The molecule has 3 aliphatic rings. The summed E-state index contributed by atoms with van der Waals surface area (Å²) >= 11 is 0. The quantitative estimate of drug-likeness (QED) is 0.345. The zero-order chi connectivity index (χ0) is 24.6. The SMILES string of the molecule is CC(=O)[C@H]1[C@H](c2ccccc2)C2(C(=O)c3ccccc3C2=O)C2C=Cc3c(ccc4ccccc34)N21. The molecule has 174 valence electrons. The van der Waals surface area contributed by atoms with E-state index < -0.39 is 23.4 Å². The van der Waals surface area contributed by atoms with Crippen molar-refractivity contribution < 1.29 is 14.4 Å². The lowest BCUT2D eigenvalue weighted by Crippen LogP contribution is -2.48. The summed E-state index contributed by atoms with van der Waals surface area (Å²) in [7, 11) is 0. The van der Waals surface area contributed by atoms with Gasteiger partial charge >= 0.3 is 0 Å². The lowest BCUT2D eigenvalue weighted by Gasteiger charge is -2.37. The second-order valence-corrected chi connectivity index (χ2v) is 9.95. The molecular weight excluding hydrogens is 446 g/mol. The van der Waals surface area contributed by atoms with E-state index in [1.165, 1.54) is 0 Å². The van der Waals surface area contributed by atoms with Gasteiger partial charge in [-0.15, -0.1) is 0 Å². The Labute approximate surface area is 208 Å². The average molecular weight is 470 g/mol. The third kappa shape index (κ3) is 2.46. The topological polar surface area (TPSA) is 54.5 Å². The summed E-state index contributed by atoms with van der Waals surface area (Å²) in [5, 5.41) is 2.18. The zero-order valence-corrected chi connectivity index (χ0v) is 19.7. The van der Waals surface area contributed by atoms with Crippen LogP contribution < -0.4 is 4.90 Å². The molecule has 0 bridgehead atoms. The molecule has 0 amide bonds. The fraction of sp³-hybridized carbons (Fsp3) is 0.156. The Kier molecular flexibility index (Phi) is 4.29. The van der Waals surface area contributed by atoms with E-state index >= 15 is 0 Å². The van der Waals surface area contributed by atoms with Gasteiger partial charge in [0.05, 0.1) is 12.1 Å². The molecule has 1 fully saturated rings. The molecule has 4 aromatic rings. The van der Waals surface area contributed by atoms with Gasteiger partial charge in [-0.25, -0.2) is 0 Å². The van der Waals surface area contributed by atoms with Gasteiger partial charge in [-0.3, -0.25) is 14.4 Å². The molecule has 4 nitrogen and oxygen atoms in total. The van der Waals surface area contributed by atoms with Crippen LogP contribution in [0.25, 0.3) is 16.8 Å². The summed E-state index contributed by atoms with van der Waals surface area (Å²) in [5.74, 6) is -1.05. The van der Waals surface area contributed by atoms with Crippen LogP contribution in [0.2, 0.25) is 0 Å². The minimum absolute atomic E-state index is 0.0586. The van der Waals surface area contributed by atoms with Crippen molar-refractivity contribution in [3.8, 4) is 0 Å². The molecular formula is C32H23NO3. The first-order valence-electron chi connectivity index (χ1n) is 12.3. The maximum absolute atomic E-state index is 14.4. The highest BCUT2D eigenvalue weighted by Crippen LogP contribution is 2.60. The van der Waals surface area contributed by atoms with Crippen LogP contribution in [0.4, 0.5) is 5.69 Å². The molecule has 3 atom stereocenters. The maximum Gasteiger partial charge on any atom is 0.180 e. The van der Waals surface area contributed by atoms with Gasteiger partial charge in [0.1, 0.15) is 5.41 Å². The molecule has 7 rings (SSSR count). The van der Waals surface area contributed by atoms with Crippen molar-refractivity contribution in [2.75, 3.05) is 4.90 Å². The van der Waals surface area contributed by atoms with E-state index in [-0.39, 0.29) is 17.3 Å². The van der Waals surface area contributed by atoms with Gasteiger partial charge in [-0.05, 0) is 29.3 Å². The highest BCUT2D eigenvalue weighted by atomic mass is 16.2. The highest BCUT2D eigenvalue weighted by Gasteiger charge is 2.71. The Morgan fingerprint density at radius 3 is 2.11 bits per heavy atom. The van der Waals surface area contributed by atoms with Crippen LogP contribution in [0.5, 0.6) is 0 Å². The Bertz CT molecular complexity index is 1600. The van der Waals surface area contributed by atoms with Crippen LogP contribution in [-0.4, -0.2) is 29.4 Å². The molecule has 36 heavy (non-hydrogen) atoms. The van der Waals surface area contributed by atoms with E-state index in [0.717, 1.165) is 27.6 Å². The van der Waals surface area contributed by atoms with Crippen LogP contribution in [0.15, 0.2) is 97.1 Å². The molecule has 1 unspecified atom stereocenters. The number of rotatable bonds is 2. The van der Waals surface area contributed by atoms with Crippen molar-refractivity contribution in [1.82, 2.24) is 0 Å².